The Morgan fingerprint density at radius 2 is 1.94 bits per heavy atom. The number of benzene rings is 1. The van der Waals surface area contributed by atoms with Gasteiger partial charge in [-0.1, -0.05) is 6.92 Å². The van der Waals surface area contributed by atoms with Crippen molar-refractivity contribution in [1.82, 2.24) is 0 Å². The molecular weight excluding hydrogens is 232 g/mol. The van der Waals surface area contributed by atoms with Gasteiger partial charge in [0, 0.05) is 13.5 Å². The van der Waals surface area contributed by atoms with Gasteiger partial charge in [0.15, 0.2) is 12.6 Å². The lowest BCUT2D eigenvalue weighted by Gasteiger charge is -2.17. The lowest BCUT2D eigenvalue weighted by Crippen LogP contribution is -2.10. The van der Waals surface area contributed by atoms with E-state index in [9.17, 15) is 4.79 Å². The summed E-state index contributed by atoms with van der Waals surface area (Å²) in [6, 6.07) is 1.86. The van der Waals surface area contributed by atoms with Crippen LogP contribution < -0.4 is 9.47 Å². The highest BCUT2D eigenvalue weighted by molar-refractivity contribution is 6.01. The number of aryl methyl sites for hydroxylation is 1. The second kappa shape index (κ2) is 6.40. The molecule has 1 rings (SSSR count). The van der Waals surface area contributed by atoms with Gasteiger partial charge in [0.05, 0.1) is 7.11 Å². The fourth-order valence-corrected chi connectivity index (χ4v) is 1.76. The predicted octanol–water partition coefficient (Wildman–Crippen LogP) is 2.89. The molecule has 0 saturated carbocycles. The molecule has 0 heterocycles. The molecule has 4 heteroatoms. The highest BCUT2D eigenvalue weighted by Crippen LogP contribution is 2.35. The second-order valence-corrected chi connectivity index (χ2v) is 4.05. The standard InChI is InChI=1S/C14H20O4/c1-6-11(15)13-12(17-5)7-9(2)10(3)14(13)18-8-16-4/h7H,6,8H2,1-5H3. The average molecular weight is 252 g/mol. The monoisotopic (exact) mass is 252 g/mol. The molecule has 1 aromatic rings. The molecule has 0 N–H and O–H groups in total. The second-order valence-electron chi connectivity index (χ2n) is 4.05. The number of hydrogen-bond acceptors (Lipinski definition) is 4. The van der Waals surface area contributed by atoms with Crippen molar-refractivity contribution in [2.75, 3.05) is 21.0 Å². The summed E-state index contributed by atoms with van der Waals surface area (Å²) in [5, 5.41) is 0. The van der Waals surface area contributed by atoms with E-state index in [-0.39, 0.29) is 12.6 Å². The summed E-state index contributed by atoms with van der Waals surface area (Å²) in [6.07, 6.45) is 0.405. The maximum Gasteiger partial charge on any atom is 0.188 e. The smallest absolute Gasteiger partial charge is 0.188 e. The van der Waals surface area contributed by atoms with Crippen LogP contribution in [0.15, 0.2) is 6.07 Å². The molecule has 0 fully saturated rings. The molecule has 4 nitrogen and oxygen atoms in total. The number of methoxy groups -OCH3 is 2. The molecule has 0 spiro atoms. The summed E-state index contributed by atoms with van der Waals surface area (Å²) in [7, 11) is 3.10. The molecular formula is C14H20O4. The quantitative estimate of drug-likeness (QED) is 0.577. The molecule has 0 aromatic heterocycles. The maximum absolute atomic E-state index is 12.0. The van der Waals surface area contributed by atoms with Gasteiger partial charge in [-0.2, -0.15) is 0 Å². The van der Waals surface area contributed by atoms with Gasteiger partial charge in [-0.05, 0) is 31.0 Å². The van der Waals surface area contributed by atoms with Crippen LogP contribution in [0, 0.1) is 13.8 Å². The van der Waals surface area contributed by atoms with Crippen molar-refractivity contribution in [2.45, 2.75) is 27.2 Å². The minimum atomic E-state index is 0.000975. The number of ether oxygens (including phenoxy) is 3. The third kappa shape index (κ3) is 2.82. The Labute approximate surface area is 108 Å². The van der Waals surface area contributed by atoms with Gasteiger partial charge in [0.2, 0.25) is 0 Å². The van der Waals surface area contributed by atoms with Gasteiger partial charge < -0.3 is 14.2 Å². The van der Waals surface area contributed by atoms with Crippen molar-refractivity contribution in [3.63, 3.8) is 0 Å². The Balaban J connectivity index is 3.40. The minimum Gasteiger partial charge on any atom is -0.496 e. The summed E-state index contributed by atoms with van der Waals surface area (Å²) in [5.74, 6) is 1.11. The normalized spacial score (nSPS) is 10.3. The SMILES string of the molecule is CCC(=O)c1c(OC)cc(C)c(C)c1OCOC. The zero-order chi connectivity index (χ0) is 13.7. The molecule has 0 aliphatic carbocycles. The highest BCUT2D eigenvalue weighted by Gasteiger charge is 2.21. The van der Waals surface area contributed by atoms with Crippen LogP contribution in [0.25, 0.3) is 0 Å². The van der Waals surface area contributed by atoms with Crippen molar-refractivity contribution in [3.05, 3.63) is 22.8 Å². The van der Waals surface area contributed by atoms with E-state index in [1.54, 1.807) is 14.2 Å². The van der Waals surface area contributed by atoms with E-state index in [1.807, 2.05) is 26.8 Å². The molecule has 0 atom stereocenters. The molecule has 0 saturated heterocycles. The zero-order valence-corrected chi connectivity index (χ0v) is 11.6. The van der Waals surface area contributed by atoms with Gasteiger partial charge in [0.1, 0.15) is 17.1 Å². The Morgan fingerprint density at radius 1 is 1.28 bits per heavy atom. The van der Waals surface area contributed by atoms with Crippen LogP contribution in [-0.4, -0.2) is 26.8 Å². The Morgan fingerprint density at radius 3 is 2.44 bits per heavy atom. The molecule has 0 aliphatic rings. The van der Waals surface area contributed by atoms with Crippen LogP contribution in [0.1, 0.15) is 34.8 Å². The molecule has 0 aliphatic heterocycles. The average Bonchev–Trinajstić information content (AvgIpc) is 2.38. The molecule has 18 heavy (non-hydrogen) atoms. The largest absolute Gasteiger partial charge is 0.496 e. The van der Waals surface area contributed by atoms with Crippen molar-refractivity contribution in [3.8, 4) is 11.5 Å². The van der Waals surface area contributed by atoms with Gasteiger partial charge in [-0.15, -0.1) is 0 Å². The lowest BCUT2D eigenvalue weighted by atomic mass is 9.99. The van der Waals surface area contributed by atoms with E-state index in [0.29, 0.717) is 23.5 Å². The van der Waals surface area contributed by atoms with E-state index >= 15 is 0 Å². The number of rotatable bonds is 6. The van der Waals surface area contributed by atoms with E-state index in [4.69, 9.17) is 14.2 Å². The summed E-state index contributed by atoms with van der Waals surface area (Å²) < 4.78 is 15.7. The third-order valence-corrected chi connectivity index (χ3v) is 2.89. The first-order valence-electron chi connectivity index (χ1n) is 5.89. The first-order valence-corrected chi connectivity index (χ1v) is 5.89. The molecule has 0 radical (unpaired) electrons. The van der Waals surface area contributed by atoms with Gasteiger partial charge >= 0.3 is 0 Å². The van der Waals surface area contributed by atoms with Crippen LogP contribution in [0.3, 0.4) is 0 Å². The van der Waals surface area contributed by atoms with Crippen molar-refractivity contribution in [1.29, 1.82) is 0 Å². The van der Waals surface area contributed by atoms with Crippen LogP contribution in [0.4, 0.5) is 0 Å². The summed E-state index contributed by atoms with van der Waals surface area (Å²) in [5.41, 5.74) is 2.45. The van der Waals surface area contributed by atoms with Crippen LogP contribution in [-0.2, 0) is 4.74 Å². The van der Waals surface area contributed by atoms with Crippen molar-refractivity contribution < 1.29 is 19.0 Å². The van der Waals surface area contributed by atoms with E-state index in [1.165, 1.54) is 0 Å². The fourth-order valence-electron chi connectivity index (χ4n) is 1.76. The van der Waals surface area contributed by atoms with Crippen LogP contribution in [0.5, 0.6) is 11.5 Å². The number of hydrogen-bond donors (Lipinski definition) is 0. The van der Waals surface area contributed by atoms with E-state index < -0.39 is 0 Å². The first-order chi connectivity index (χ1) is 8.56. The first kappa shape index (κ1) is 14.5. The lowest BCUT2D eigenvalue weighted by molar-refractivity contribution is 0.0494. The highest BCUT2D eigenvalue weighted by atomic mass is 16.7. The van der Waals surface area contributed by atoms with E-state index in [0.717, 1.165) is 11.1 Å². The summed E-state index contributed by atoms with van der Waals surface area (Å²) >= 11 is 0. The molecule has 0 unspecified atom stereocenters. The predicted molar refractivity (Wildman–Crippen MR) is 69.6 cm³/mol. The molecule has 1 aromatic carbocycles. The van der Waals surface area contributed by atoms with E-state index in [2.05, 4.69) is 0 Å². The van der Waals surface area contributed by atoms with Crippen LogP contribution >= 0.6 is 0 Å². The zero-order valence-electron chi connectivity index (χ0n) is 11.6. The van der Waals surface area contributed by atoms with Gasteiger partial charge in [-0.25, -0.2) is 0 Å². The molecule has 0 amide bonds. The van der Waals surface area contributed by atoms with Crippen molar-refractivity contribution >= 4 is 5.78 Å². The minimum absolute atomic E-state index is 0.000975. The topological polar surface area (TPSA) is 44.8 Å². The number of ketones is 1. The Bertz CT molecular complexity index is 438. The number of carbonyl (C=O) groups is 1. The van der Waals surface area contributed by atoms with Crippen molar-refractivity contribution in [2.24, 2.45) is 0 Å². The fraction of sp³-hybridized carbons (Fsp3) is 0.500. The summed E-state index contributed by atoms with van der Waals surface area (Å²) in [6.45, 7) is 5.80. The number of Topliss-reactive ketones (excluding diaryl/α,β-unsaturated/α-hetero) is 1. The Kier molecular flexibility index (Phi) is 5.16. The van der Waals surface area contributed by atoms with Crippen LogP contribution in [0.2, 0.25) is 0 Å². The number of carbonyl (C=O) groups excluding carboxylic acids is 1. The van der Waals surface area contributed by atoms with Gasteiger partial charge in [-0.3, -0.25) is 4.79 Å². The third-order valence-electron chi connectivity index (χ3n) is 2.89. The maximum atomic E-state index is 12.0. The summed E-state index contributed by atoms with van der Waals surface area (Å²) in [4.78, 5) is 12.0. The molecule has 0 bridgehead atoms. The van der Waals surface area contributed by atoms with Gasteiger partial charge in [0.25, 0.3) is 0 Å². The Hall–Kier alpha value is -1.55. The molecule has 100 valence electrons.